The largest absolute Gasteiger partial charge is 0.244 e. The lowest BCUT2D eigenvalue weighted by Gasteiger charge is -2.23. The van der Waals surface area contributed by atoms with Crippen molar-refractivity contribution >= 4 is 44.8 Å². The highest BCUT2D eigenvalue weighted by Gasteiger charge is 2.27. The molecule has 0 aromatic heterocycles. The lowest BCUT2D eigenvalue weighted by Crippen LogP contribution is -2.34. The fraction of sp³-hybridized carbons (Fsp3) is 0.273. The summed E-state index contributed by atoms with van der Waals surface area (Å²) in [4.78, 5) is -0.00568. The molecule has 1 aromatic carbocycles. The van der Waals surface area contributed by atoms with Gasteiger partial charge in [-0.1, -0.05) is 47.0 Å². The van der Waals surface area contributed by atoms with Gasteiger partial charge in [0.25, 0.3) is 0 Å². The lowest BCUT2D eigenvalue weighted by atomic mass is 10.3. The van der Waals surface area contributed by atoms with E-state index in [0.29, 0.717) is 19.5 Å². The van der Waals surface area contributed by atoms with E-state index in [1.807, 2.05) is 12.2 Å². The van der Waals surface area contributed by atoms with Crippen LogP contribution in [0.15, 0.2) is 29.2 Å². The van der Waals surface area contributed by atoms with Crippen molar-refractivity contribution in [2.45, 2.75) is 11.3 Å². The molecule has 0 aliphatic carbocycles. The molecule has 0 spiro atoms. The van der Waals surface area contributed by atoms with E-state index in [4.69, 9.17) is 34.8 Å². The lowest BCUT2D eigenvalue weighted by molar-refractivity contribution is 0.437. The molecule has 1 heterocycles. The molecule has 0 fully saturated rings. The summed E-state index contributed by atoms with van der Waals surface area (Å²) < 4.78 is 26.1. The zero-order valence-electron chi connectivity index (χ0n) is 9.24. The van der Waals surface area contributed by atoms with E-state index in [9.17, 15) is 8.42 Å². The first-order valence-corrected chi connectivity index (χ1v) is 7.80. The first-order valence-electron chi connectivity index (χ1n) is 5.22. The number of rotatable bonds is 2. The van der Waals surface area contributed by atoms with E-state index in [1.165, 1.54) is 16.4 Å². The van der Waals surface area contributed by atoms with Crippen LogP contribution in [0.3, 0.4) is 0 Å². The minimum absolute atomic E-state index is 0.00568. The van der Waals surface area contributed by atoms with E-state index in [2.05, 4.69) is 0 Å². The number of hydrogen-bond donors (Lipinski definition) is 0. The van der Waals surface area contributed by atoms with Crippen LogP contribution in [-0.2, 0) is 10.0 Å². The average Bonchev–Trinajstić information content (AvgIpc) is 2.34. The highest BCUT2D eigenvalue weighted by molar-refractivity contribution is 7.89. The van der Waals surface area contributed by atoms with Gasteiger partial charge in [-0.3, -0.25) is 0 Å². The summed E-state index contributed by atoms with van der Waals surface area (Å²) in [7, 11) is -3.62. The predicted octanol–water partition coefficient (Wildman–Crippen LogP) is 3.60. The molecular weight excluding hydrogens is 317 g/mol. The Bertz CT molecular complexity index is 599. The van der Waals surface area contributed by atoms with Gasteiger partial charge < -0.3 is 0 Å². The Morgan fingerprint density at radius 1 is 1.00 bits per heavy atom. The van der Waals surface area contributed by atoms with Gasteiger partial charge in [-0.2, -0.15) is 4.31 Å². The second-order valence-electron chi connectivity index (χ2n) is 3.82. The Labute approximate surface area is 121 Å². The van der Waals surface area contributed by atoms with Crippen molar-refractivity contribution in [1.82, 2.24) is 4.31 Å². The van der Waals surface area contributed by atoms with Crippen LogP contribution < -0.4 is 0 Å². The summed E-state index contributed by atoms with van der Waals surface area (Å²) >= 11 is 17.6. The van der Waals surface area contributed by atoms with Gasteiger partial charge in [0.05, 0.1) is 15.1 Å². The zero-order chi connectivity index (χ0) is 13.3. The van der Waals surface area contributed by atoms with Crippen molar-refractivity contribution in [3.05, 3.63) is 39.4 Å². The maximum Gasteiger partial charge on any atom is 0.244 e. The van der Waals surface area contributed by atoms with E-state index in [0.717, 1.165) is 0 Å². The Hall–Kier alpha value is -0.260. The molecule has 0 atom stereocenters. The average molecular weight is 327 g/mol. The normalized spacial score (nSPS) is 17.1. The molecule has 2 rings (SSSR count). The Balaban J connectivity index is 2.47. The Kier molecular flexibility index (Phi) is 4.24. The van der Waals surface area contributed by atoms with E-state index < -0.39 is 10.0 Å². The molecule has 1 aromatic rings. The second kappa shape index (κ2) is 5.39. The summed E-state index contributed by atoms with van der Waals surface area (Å²) in [6.07, 6.45) is 4.45. The van der Waals surface area contributed by atoms with Crippen molar-refractivity contribution < 1.29 is 8.42 Å². The Morgan fingerprint density at radius 2 is 1.67 bits per heavy atom. The third kappa shape index (κ3) is 2.68. The number of benzene rings is 1. The van der Waals surface area contributed by atoms with Crippen LogP contribution in [0.25, 0.3) is 0 Å². The molecule has 98 valence electrons. The summed E-state index contributed by atoms with van der Waals surface area (Å²) in [6, 6.07) is 2.64. The van der Waals surface area contributed by atoms with Crippen molar-refractivity contribution in [2.75, 3.05) is 13.1 Å². The molecule has 0 radical (unpaired) electrons. The molecule has 7 heteroatoms. The molecule has 0 bridgehead atoms. The van der Waals surface area contributed by atoms with Crippen LogP contribution in [0, 0.1) is 0 Å². The van der Waals surface area contributed by atoms with Gasteiger partial charge >= 0.3 is 0 Å². The zero-order valence-corrected chi connectivity index (χ0v) is 12.3. The van der Waals surface area contributed by atoms with Crippen LogP contribution >= 0.6 is 34.8 Å². The van der Waals surface area contributed by atoms with E-state index >= 15 is 0 Å². The molecule has 0 unspecified atom stereocenters. The molecule has 0 saturated carbocycles. The van der Waals surface area contributed by atoms with Crippen molar-refractivity contribution in [1.29, 1.82) is 0 Å². The second-order valence-corrected chi connectivity index (χ2v) is 6.95. The first-order chi connectivity index (χ1) is 8.43. The summed E-state index contributed by atoms with van der Waals surface area (Å²) in [6.45, 7) is 0.786. The van der Waals surface area contributed by atoms with E-state index in [-0.39, 0.29) is 20.0 Å². The van der Waals surface area contributed by atoms with Crippen LogP contribution in [0.2, 0.25) is 15.1 Å². The van der Waals surface area contributed by atoms with Crippen LogP contribution in [0.4, 0.5) is 0 Å². The molecule has 3 nitrogen and oxygen atoms in total. The SMILES string of the molecule is O=S(=O)(c1cc(Cl)c(Cl)cc1Cl)N1CC=CCC1. The van der Waals surface area contributed by atoms with Gasteiger partial charge in [0.1, 0.15) is 4.90 Å². The third-order valence-corrected chi connectivity index (χ3v) is 5.67. The highest BCUT2D eigenvalue weighted by atomic mass is 35.5. The number of halogens is 3. The quantitative estimate of drug-likeness (QED) is 0.615. The van der Waals surface area contributed by atoms with Crippen molar-refractivity contribution in [3.8, 4) is 0 Å². The summed E-state index contributed by atoms with van der Waals surface area (Å²) in [5, 5.41) is 0.491. The number of hydrogen-bond acceptors (Lipinski definition) is 2. The molecule has 1 aliphatic rings. The Morgan fingerprint density at radius 3 is 2.28 bits per heavy atom. The summed E-state index contributed by atoms with van der Waals surface area (Å²) in [5.41, 5.74) is 0. The third-order valence-electron chi connectivity index (χ3n) is 2.61. The molecule has 1 aliphatic heterocycles. The van der Waals surface area contributed by atoms with Gasteiger partial charge in [0.15, 0.2) is 0 Å². The fourth-order valence-electron chi connectivity index (χ4n) is 1.68. The highest BCUT2D eigenvalue weighted by Crippen LogP contribution is 2.33. The van der Waals surface area contributed by atoms with Crippen LogP contribution in [0.5, 0.6) is 0 Å². The van der Waals surface area contributed by atoms with Gasteiger partial charge in [-0.05, 0) is 18.6 Å². The molecule has 18 heavy (non-hydrogen) atoms. The van der Waals surface area contributed by atoms with Gasteiger partial charge in [0, 0.05) is 13.1 Å². The monoisotopic (exact) mass is 325 g/mol. The van der Waals surface area contributed by atoms with Crippen molar-refractivity contribution in [3.63, 3.8) is 0 Å². The maximum absolute atomic E-state index is 12.4. The molecule has 0 saturated heterocycles. The molecule has 0 amide bonds. The number of sulfonamides is 1. The van der Waals surface area contributed by atoms with Crippen LogP contribution in [-0.4, -0.2) is 25.8 Å². The molecular formula is C11H10Cl3NO2S. The predicted molar refractivity (Wildman–Crippen MR) is 74.0 cm³/mol. The first kappa shape index (κ1) is 14.2. The topological polar surface area (TPSA) is 37.4 Å². The van der Waals surface area contributed by atoms with Gasteiger partial charge in [-0.15, -0.1) is 0 Å². The van der Waals surface area contributed by atoms with Gasteiger partial charge in [-0.25, -0.2) is 8.42 Å². The van der Waals surface area contributed by atoms with E-state index in [1.54, 1.807) is 0 Å². The minimum Gasteiger partial charge on any atom is -0.207 e. The van der Waals surface area contributed by atoms with Crippen LogP contribution in [0.1, 0.15) is 6.42 Å². The van der Waals surface area contributed by atoms with Crippen molar-refractivity contribution in [2.24, 2.45) is 0 Å². The minimum atomic E-state index is -3.62. The number of nitrogens with zero attached hydrogens (tertiary/aromatic N) is 1. The molecule has 0 N–H and O–H groups in total. The van der Waals surface area contributed by atoms with Gasteiger partial charge in [0.2, 0.25) is 10.0 Å². The summed E-state index contributed by atoms with van der Waals surface area (Å²) in [5.74, 6) is 0. The maximum atomic E-state index is 12.4. The smallest absolute Gasteiger partial charge is 0.207 e. The standard InChI is InChI=1S/C11H10Cl3NO2S/c12-8-6-10(14)11(7-9(8)13)18(16,17)15-4-2-1-3-5-15/h1-2,6-7H,3-5H2. The fourth-order valence-corrected chi connectivity index (χ4v) is 4.06.